The number of hydrogen-bond donors (Lipinski definition) is 2. The molecule has 3 N–H and O–H groups in total. The molecule has 2 rings (SSSR count). The molecule has 0 saturated heterocycles. The second-order valence-corrected chi connectivity index (χ2v) is 6.50. The second-order valence-electron chi connectivity index (χ2n) is 6.50. The lowest BCUT2D eigenvalue weighted by molar-refractivity contribution is -0.124. The zero-order valence-electron chi connectivity index (χ0n) is 15.3. The maximum atomic E-state index is 12.7. The van der Waals surface area contributed by atoms with Crippen LogP contribution in [0.5, 0.6) is 11.5 Å². The van der Waals surface area contributed by atoms with Gasteiger partial charge in [-0.1, -0.05) is 26.7 Å². The molecule has 1 aliphatic rings. The Morgan fingerprint density at radius 3 is 2.28 bits per heavy atom. The summed E-state index contributed by atoms with van der Waals surface area (Å²) in [4.78, 5) is 12.7. The first-order valence-corrected chi connectivity index (χ1v) is 9.06. The van der Waals surface area contributed by atoms with E-state index in [4.69, 9.17) is 15.2 Å². The van der Waals surface area contributed by atoms with Crippen LogP contribution in [0.25, 0.3) is 0 Å². The van der Waals surface area contributed by atoms with Crippen LogP contribution in [-0.2, 0) is 4.79 Å². The third-order valence-corrected chi connectivity index (χ3v) is 4.56. The van der Waals surface area contributed by atoms with Crippen LogP contribution in [0.4, 0.5) is 5.69 Å². The van der Waals surface area contributed by atoms with E-state index < -0.39 is 5.41 Å². The molecule has 0 aliphatic heterocycles. The topological polar surface area (TPSA) is 73.6 Å². The molecule has 25 heavy (non-hydrogen) atoms. The lowest BCUT2D eigenvalue weighted by atomic mass is 9.85. The van der Waals surface area contributed by atoms with Gasteiger partial charge in [0.1, 0.15) is 0 Å². The highest BCUT2D eigenvalue weighted by molar-refractivity contribution is 5.96. The van der Waals surface area contributed by atoms with E-state index in [0.717, 1.165) is 50.0 Å². The van der Waals surface area contributed by atoms with Gasteiger partial charge in [-0.3, -0.25) is 4.79 Å². The number of amides is 1. The Hall–Kier alpha value is -1.46. The highest BCUT2D eigenvalue weighted by Crippen LogP contribution is 2.39. The highest BCUT2D eigenvalue weighted by atomic mass is 35.5. The van der Waals surface area contributed by atoms with Gasteiger partial charge in [0.25, 0.3) is 0 Å². The van der Waals surface area contributed by atoms with E-state index in [1.807, 2.05) is 18.2 Å². The van der Waals surface area contributed by atoms with Crippen molar-refractivity contribution >= 4 is 24.0 Å². The van der Waals surface area contributed by atoms with Crippen molar-refractivity contribution in [3.05, 3.63) is 18.2 Å². The molecule has 1 saturated carbocycles. The van der Waals surface area contributed by atoms with Crippen molar-refractivity contribution in [1.29, 1.82) is 0 Å². The van der Waals surface area contributed by atoms with Crippen molar-refractivity contribution < 1.29 is 14.3 Å². The molecule has 6 heteroatoms. The molecule has 1 aliphatic carbocycles. The highest BCUT2D eigenvalue weighted by Gasteiger charge is 2.39. The average molecular weight is 371 g/mol. The third-order valence-electron chi connectivity index (χ3n) is 4.56. The number of anilines is 1. The third kappa shape index (κ3) is 5.51. The van der Waals surface area contributed by atoms with Crippen LogP contribution in [0.15, 0.2) is 18.2 Å². The molecule has 5 nitrogen and oxygen atoms in total. The number of hydrogen-bond acceptors (Lipinski definition) is 4. The fourth-order valence-electron chi connectivity index (χ4n) is 3.08. The van der Waals surface area contributed by atoms with Gasteiger partial charge in [0.2, 0.25) is 5.91 Å². The first-order valence-electron chi connectivity index (χ1n) is 9.06. The summed E-state index contributed by atoms with van der Waals surface area (Å²) in [5.74, 6) is 1.42. The molecule has 0 unspecified atom stereocenters. The predicted molar refractivity (Wildman–Crippen MR) is 104 cm³/mol. The summed E-state index contributed by atoms with van der Waals surface area (Å²) >= 11 is 0. The lowest BCUT2D eigenvalue weighted by Crippen LogP contribution is -2.40. The van der Waals surface area contributed by atoms with Gasteiger partial charge in [-0.15, -0.1) is 12.4 Å². The van der Waals surface area contributed by atoms with E-state index in [1.165, 1.54) is 0 Å². The number of carbonyl (C=O) groups excluding carboxylic acids is 1. The Bertz CT molecular complexity index is 545. The minimum Gasteiger partial charge on any atom is -0.490 e. The molecule has 0 spiro atoms. The molecule has 0 heterocycles. The molecule has 0 atom stereocenters. The van der Waals surface area contributed by atoms with Crippen molar-refractivity contribution in [2.75, 3.05) is 25.1 Å². The number of halogens is 1. The smallest absolute Gasteiger partial charge is 0.231 e. The van der Waals surface area contributed by atoms with Crippen molar-refractivity contribution in [1.82, 2.24) is 0 Å². The van der Waals surface area contributed by atoms with Gasteiger partial charge in [-0.2, -0.15) is 0 Å². The molecule has 1 amide bonds. The maximum absolute atomic E-state index is 12.7. The number of carbonyl (C=O) groups is 1. The molecule has 0 radical (unpaired) electrons. The average Bonchev–Trinajstić information content (AvgIpc) is 3.09. The minimum absolute atomic E-state index is 0. The van der Waals surface area contributed by atoms with E-state index >= 15 is 0 Å². The number of nitrogens with one attached hydrogen (secondary N) is 1. The van der Waals surface area contributed by atoms with Crippen LogP contribution in [0.3, 0.4) is 0 Å². The van der Waals surface area contributed by atoms with E-state index in [1.54, 1.807) is 0 Å². The van der Waals surface area contributed by atoms with E-state index in [9.17, 15) is 4.79 Å². The monoisotopic (exact) mass is 370 g/mol. The summed E-state index contributed by atoms with van der Waals surface area (Å²) in [7, 11) is 0. The number of ether oxygens (including phenoxy) is 2. The molecular formula is C19H31ClN2O3. The molecule has 1 aromatic rings. The SMILES string of the molecule is CCCOc1ccc(NC(=O)C2(CN)CCCC2)cc1OCCC.Cl. The van der Waals surface area contributed by atoms with E-state index in [0.29, 0.717) is 25.5 Å². The zero-order valence-corrected chi connectivity index (χ0v) is 16.1. The Balaban J connectivity index is 0.00000312. The lowest BCUT2D eigenvalue weighted by Gasteiger charge is -2.26. The number of rotatable bonds is 9. The fourth-order valence-corrected chi connectivity index (χ4v) is 3.08. The Kier molecular flexibility index (Phi) is 9.08. The second kappa shape index (κ2) is 10.5. The number of nitrogens with two attached hydrogens (primary N) is 1. The zero-order chi connectivity index (χ0) is 17.4. The van der Waals surface area contributed by atoms with Crippen LogP contribution < -0.4 is 20.5 Å². The largest absolute Gasteiger partial charge is 0.490 e. The Labute approximate surface area is 157 Å². The molecule has 0 bridgehead atoms. The standard InChI is InChI=1S/C19H30N2O3.ClH/c1-3-11-23-16-8-7-15(13-17(16)24-12-4-2)21-18(22)19(14-20)9-5-6-10-19;/h7-8,13H,3-6,9-12,14,20H2,1-2H3,(H,21,22);1H. The first kappa shape index (κ1) is 21.6. The summed E-state index contributed by atoms with van der Waals surface area (Å²) in [6, 6.07) is 5.57. The van der Waals surface area contributed by atoms with E-state index in [2.05, 4.69) is 19.2 Å². The first-order chi connectivity index (χ1) is 11.6. The van der Waals surface area contributed by atoms with Gasteiger partial charge in [-0.05, 0) is 37.8 Å². The summed E-state index contributed by atoms with van der Waals surface area (Å²) in [5, 5.41) is 3.02. The van der Waals surface area contributed by atoms with Crippen molar-refractivity contribution in [3.63, 3.8) is 0 Å². The van der Waals surface area contributed by atoms with Crippen LogP contribution in [0, 0.1) is 5.41 Å². The van der Waals surface area contributed by atoms with E-state index in [-0.39, 0.29) is 18.3 Å². The molecule has 1 aromatic carbocycles. The minimum atomic E-state index is -0.415. The predicted octanol–water partition coefficient (Wildman–Crippen LogP) is 4.14. The van der Waals surface area contributed by atoms with Gasteiger partial charge in [0.05, 0.1) is 18.6 Å². The van der Waals surface area contributed by atoms with Gasteiger partial charge in [0, 0.05) is 18.3 Å². The van der Waals surface area contributed by atoms with Gasteiger partial charge in [0.15, 0.2) is 11.5 Å². The quantitative estimate of drug-likeness (QED) is 0.685. The summed E-state index contributed by atoms with van der Waals surface area (Å²) in [6.45, 7) is 5.78. The van der Waals surface area contributed by atoms with Crippen molar-refractivity contribution in [2.45, 2.75) is 52.4 Å². The molecule has 142 valence electrons. The Morgan fingerprint density at radius 2 is 1.72 bits per heavy atom. The summed E-state index contributed by atoms with van der Waals surface area (Å²) in [6.07, 6.45) is 5.72. The molecular weight excluding hydrogens is 340 g/mol. The fraction of sp³-hybridized carbons (Fsp3) is 0.632. The summed E-state index contributed by atoms with van der Waals surface area (Å²) in [5.41, 5.74) is 6.21. The number of benzene rings is 1. The van der Waals surface area contributed by atoms with Crippen LogP contribution >= 0.6 is 12.4 Å². The van der Waals surface area contributed by atoms with Gasteiger partial charge < -0.3 is 20.5 Å². The van der Waals surface area contributed by atoms with Crippen LogP contribution in [0.1, 0.15) is 52.4 Å². The summed E-state index contributed by atoms with van der Waals surface area (Å²) < 4.78 is 11.5. The molecule has 1 fully saturated rings. The van der Waals surface area contributed by atoms with Crippen molar-refractivity contribution in [3.8, 4) is 11.5 Å². The maximum Gasteiger partial charge on any atom is 0.231 e. The van der Waals surface area contributed by atoms with Gasteiger partial charge >= 0.3 is 0 Å². The van der Waals surface area contributed by atoms with Gasteiger partial charge in [-0.25, -0.2) is 0 Å². The normalized spacial score (nSPS) is 15.3. The van der Waals surface area contributed by atoms with Crippen LogP contribution in [-0.4, -0.2) is 25.7 Å². The molecule has 0 aromatic heterocycles. The van der Waals surface area contributed by atoms with Crippen LogP contribution in [0.2, 0.25) is 0 Å². The Morgan fingerprint density at radius 1 is 1.12 bits per heavy atom. The van der Waals surface area contributed by atoms with Crippen molar-refractivity contribution in [2.24, 2.45) is 11.1 Å².